The van der Waals surface area contributed by atoms with Gasteiger partial charge in [0.25, 0.3) is 0 Å². The minimum atomic E-state index is -0.593. The summed E-state index contributed by atoms with van der Waals surface area (Å²) in [7, 11) is 0. The largest absolute Gasteiger partial charge is 0.310 e. The Kier molecular flexibility index (Phi) is 8.76. The van der Waals surface area contributed by atoms with E-state index in [9.17, 15) is 0 Å². The summed E-state index contributed by atoms with van der Waals surface area (Å²) in [6.45, 7) is 0. The Morgan fingerprint density at radius 1 is 0.270 bits per heavy atom. The van der Waals surface area contributed by atoms with Crippen LogP contribution in [0.5, 0.6) is 0 Å². The molecule has 0 unspecified atom stereocenters. The third-order valence-electron chi connectivity index (χ3n) is 13.1. The van der Waals surface area contributed by atoms with Crippen molar-refractivity contribution < 1.29 is 0 Å². The van der Waals surface area contributed by atoms with Gasteiger partial charge < -0.3 is 9.80 Å². The number of nitrogens with zero attached hydrogens (tertiary/aromatic N) is 2. The Labute approximate surface area is 369 Å². The minimum absolute atomic E-state index is 0.593. The lowest BCUT2D eigenvalue weighted by Gasteiger charge is -2.45. The average molecular weight is 803 g/mol. The maximum absolute atomic E-state index is 2.55. The molecule has 296 valence electrons. The van der Waals surface area contributed by atoms with Crippen LogP contribution in [0.2, 0.25) is 0 Å². The van der Waals surface area contributed by atoms with Crippen LogP contribution >= 0.6 is 0 Å². The van der Waals surface area contributed by atoms with Gasteiger partial charge in [-0.1, -0.05) is 212 Å². The number of fused-ring (bicyclic) bond motifs is 9. The van der Waals surface area contributed by atoms with Crippen molar-refractivity contribution >= 4 is 34.1 Å². The lowest BCUT2D eigenvalue weighted by atomic mass is 9.64. The van der Waals surface area contributed by atoms with E-state index in [-0.39, 0.29) is 0 Å². The molecule has 0 N–H and O–H groups in total. The zero-order chi connectivity index (χ0) is 41.7. The molecule has 2 heteroatoms. The first-order valence-electron chi connectivity index (χ1n) is 21.8. The zero-order valence-corrected chi connectivity index (χ0v) is 34.6. The summed E-state index contributed by atoms with van der Waals surface area (Å²) in [6.07, 6.45) is 0. The average Bonchev–Trinajstić information content (AvgIpc) is 3.66. The van der Waals surface area contributed by atoms with Gasteiger partial charge in [-0.25, -0.2) is 0 Å². The second-order valence-electron chi connectivity index (χ2n) is 16.3. The first-order valence-corrected chi connectivity index (χ1v) is 21.8. The number of para-hydroxylation sites is 5. The molecule has 0 aromatic heterocycles. The second-order valence-corrected chi connectivity index (χ2v) is 16.3. The molecule has 0 radical (unpaired) electrons. The fraction of sp³-hybridized carbons (Fsp3) is 0.0164. The van der Waals surface area contributed by atoms with E-state index in [4.69, 9.17) is 0 Å². The summed E-state index contributed by atoms with van der Waals surface area (Å²) in [5.41, 5.74) is 20.9. The Bertz CT molecular complexity index is 3250. The maximum Gasteiger partial charge on any atom is 0.0755 e. The van der Waals surface area contributed by atoms with E-state index in [0.717, 1.165) is 33.9 Å². The van der Waals surface area contributed by atoms with Crippen LogP contribution in [0.15, 0.2) is 255 Å². The number of hydrogen-bond acceptors (Lipinski definition) is 2. The van der Waals surface area contributed by atoms with Gasteiger partial charge in [-0.3, -0.25) is 0 Å². The Hall–Kier alpha value is -8.20. The van der Waals surface area contributed by atoms with Crippen LogP contribution in [0.1, 0.15) is 22.3 Å². The van der Waals surface area contributed by atoms with E-state index in [1.54, 1.807) is 0 Å². The third-order valence-corrected chi connectivity index (χ3v) is 13.1. The van der Waals surface area contributed by atoms with Gasteiger partial charge in [0, 0.05) is 22.4 Å². The topological polar surface area (TPSA) is 6.48 Å². The molecule has 0 saturated carbocycles. The summed E-state index contributed by atoms with van der Waals surface area (Å²) in [5.74, 6) is 0. The predicted octanol–water partition coefficient (Wildman–Crippen LogP) is 16.3. The molecule has 2 nitrogen and oxygen atoms in total. The maximum atomic E-state index is 2.55. The molecule has 1 spiro atoms. The molecule has 0 atom stereocenters. The van der Waals surface area contributed by atoms with Crippen LogP contribution in [0.4, 0.5) is 34.1 Å². The molecule has 0 bridgehead atoms. The standard InChI is InChI=1S/C61H42N2/c1-4-23-43(24-5-1)46-29-10-11-31-48(46)49-32-14-19-39-56(49)63(55-38-18-13-30-47(55)44-25-6-2-7-26-44)59-42-22-37-54-60(59)50-33-12-15-34-51(50)61(54)52-35-16-20-40-57(52)62(45-27-8-3-9-28-45)58-41-21-17-36-53(58)61/h1-42H. The van der Waals surface area contributed by atoms with Gasteiger partial charge in [-0.15, -0.1) is 0 Å². The van der Waals surface area contributed by atoms with E-state index in [0.29, 0.717) is 0 Å². The Morgan fingerprint density at radius 2 is 0.683 bits per heavy atom. The smallest absolute Gasteiger partial charge is 0.0755 e. The number of anilines is 6. The molecule has 12 rings (SSSR count). The van der Waals surface area contributed by atoms with Gasteiger partial charge in [0.15, 0.2) is 0 Å². The number of benzene rings is 10. The molecule has 1 aliphatic carbocycles. The van der Waals surface area contributed by atoms with Gasteiger partial charge in [-0.2, -0.15) is 0 Å². The highest BCUT2D eigenvalue weighted by Gasteiger charge is 2.52. The first-order chi connectivity index (χ1) is 31.3. The molecule has 1 heterocycles. The van der Waals surface area contributed by atoms with Gasteiger partial charge in [0.05, 0.1) is 33.9 Å². The summed E-state index contributed by atoms with van der Waals surface area (Å²) in [4.78, 5) is 4.99. The first kappa shape index (κ1) is 36.6. The number of rotatable bonds is 7. The van der Waals surface area contributed by atoms with E-state index >= 15 is 0 Å². The van der Waals surface area contributed by atoms with E-state index in [1.165, 1.54) is 67.0 Å². The molecule has 0 amide bonds. The van der Waals surface area contributed by atoms with Crippen LogP contribution in [0.3, 0.4) is 0 Å². The van der Waals surface area contributed by atoms with Gasteiger partial charge >= 0.3 is 0 Å². The second kappa shape index (κ2) is 15.1. The molecule has 0 fully saturated rings. The monoisotopic (exact) mass is 802 g/mol. The van der Waals surface area contributed by atoms with Crippen molar-refractivity contribution in [3.05, 3.63) is 277 Å². The number of hydrogen-bond donors (Lipinski definition) is 0. The zero-order valence-electron chi connectivity index (χ0n) is 34.6. The van der Waals surface area contributed by atoms with Crippen LogP contribution in [0.25, 0.3) is 44.5 Å². The SMILES string of the molecule is c1ccc(-c2ccccc2-c2ccccc2N(c2ccccc2-c2ccccc2)c2cccc3c2-c2ccccc2C32c3ccccc3N(c3ccccc3)c3ccccc32)cc1. The van der Waals surface area contributed by atoms with E-state index in [1.807, 2.05) is 0 Å². The van der Waals surface area contributed by atoms with Crippen molar-refractivity contribution in [1.29, 1.82) is 0 Å². The molecule has 10 aromatic rings. The van der Waals surface area contributed by atoms with E-state index in [2.05, 4.69) is 265 Å². The van der Waals surface area contributed by atoms with Crippen molar-refractivity contribution in [3.63, 3.8) is 0 Å². The van der Waals surface area contributed by atoms with Crippen LogP contribution in [-0.2, 0) is 5.41 Å². The van der Waals surface area contributed by atoms with Crippen molar-refractivity contribution in [2.45, 2.75) is 5.41 Å². The summed E-state index contributed by atoms with van der Waals surface area (Å²) >= 11 is 0. The fourth-order valence-electron chi connectivity index (χ4n) is 10.6. The lowest BCUT2D eigenvalue weighted by Crippen LogP contribution is -2.36. The van der Waals surface area contributed by atoms with Gasteiger partial charge in [-0.05, 0) is 92.5 Å². The normalized spacial score (nSPS) is 12.9. The summed E-state index contributed by atoms with van der Waals surface area (Å²) in [6, 6.07) is 93.4. The molecule has 1 aliphatic heterocycles. The molecular formula is C61H42N2. The Balaban J connectivity index is 1.18. The quantitative estimate of drug-likeness (QED) is 0.158. The van der Waals surface area contributed by atoms with Crippen LogP contribution in [0, 0.1) is 0 Å². The van der Waals surface area contributed by atoms with Crippen molar-refractivity contribution in [3.8, 4) is 44.5 Å². The van der Waals surface area contributed by atoms with E-state index < -0.39 is 5.41 Å². The van der Waals surface area contributed by atoms with Crippen molar-refractivity contribution in [2.24, 2.45) is 0 Å². The lowest BCUT2D eigenvalue weighted by molar-refractivity contribution is 0.752. The molecule has 2 aliphatic rings. The molecular weight excluding hydrogens is 761 g/mol. The van der Waals surface area contributed by atoms with Crippen molar-refractivity contribution in [1.82, 2.24) is 0 Å². The highest BCUT2D eigenvalue weighted by molar-refractivity contribution is 6.04. The van der Waals surface area contributed by atoms with Gasteiger partial charge in [0.1, 0.15) is 0 Å². The highest BCUT2D eigenvalue weighted by atomic mass is 15.2. The summed E-state index contributed by atoms with van der Waals surface area (Å²) < 4.78 is 0. The molecule has 63 heavy (non-hydrogen) atoms. The molecule has 10 aromatic carbocycles. The minimum Gasteiger partial charge on any atom is -0.310 e. The Morgan fingerprint density at radius 3 is 1.32 bits per heavy atom. The molecule has 0 saturated heterocycles. The van der Waals surface area contributed by atoms with Gasteiger partial charge in [0.2, 0.25) is 0 Å². The fourth-order valence-corrected chi connectivity index (χ4v) is 10.6. The van der Waals surface area contributed by atoms with Crippen LogP contribution < -0.4 is 9.80 Å². The third kappa shape index (κ3) is 5.65. The predicted molar refractivity (Wildman–Crippen MR) is 263 cm³/mol. The van der Waals surface area contributed by atoms with Crippen LogP contribution in [-0.4, -0.2) is 0 Å². The highest BCUT2D eigenvalue weighted by Crippen LogP contribution is 2.65. The van der Waals surface area contributed by atoms with Crippen molar-refractivity contribution in [2.75, 3.05) is 9.80 Å². The summed E-state index contributed by atoms with van der Waals surface area (Å²) in [5, 5.41) is 0.